The molecule has 1 heterocycles. The maximum atomic E-state index is 12.2. The highest BCUT2D eigenvalue weighted by Gasteiger charge is 2.12. The summed E-state index contributed by atoms with van der Waals surface area (Å²) < 4.78 is 1.90. The fourth-order valence-corrected chi connectivity index (χ4v) is 2.88. The molecule has 0 saturated heterocycles. The number of nitrogens with one attached hydrogen (secondary N) is 2. The van der Waals surface area contributed by atoms with Crippen LogP contribution < -0.4 is 16.6 Å². The van der Waals surface area contributed by atoms with Crippen molar-refractivity contribution in [3.05, 3.63) is 50.3 Å². The molecule has 2 aromatic rings. The number of aromatic nitrogens is 1. The van der Waals surface area contributed by atoms with E-state index in [-0.39, 0.29) is 5.91 Å². The van der Waals surface area contributed by atoms with Crippen molar-refractivity contribution in [1.29, 1.82) is 0 Å². The molecule has 5 nitrogen and oxygen atoms in total. The van der Waals surface area contributed by atoms with E-state index in [1.165, 1.54) is 6.20 Å². The van der Waals surface area contributed by atoms with Crippen LogP contribution in [0.4, 0.5) is 11.4 Å². The van der Waals surface area contributed by atoms with Crippen LogP contribution in [0.1, 0.15) is 10.4 Å². The van der Waals surface area contributed by atoms with Crippen LogP contribution in [0.15, 0.2) is 41.1 Å². The molecule has 0 saturated carbocycles. The second-order valence-electron chi connectivity index (χ2n) is 3.64. The van der Waals surface area contributed by atoms with Crippen molar-refractivity contribution in [1.82, 2.24) is 4.98 Å². The van der Waals surface area contributed by atoms with Crippen molar-refractivity contribution < 1.29 is 4.79 Å². The fourth-order valence-electron chi connectivity index (χ4n) is 1.48. The number of nitrogen functional groups attached to an aromatic ring is 1. The second kappa shape index (κ2) is 6.31. The number of carbonyl (C=O) groups is 1. The molecule has 0 aliphatic carbocycles. The van der Waals surface area contributed by atoms with E-state index < -0.39 is 0 Å². The number of carbonyl (C=O) groups excluding carboxylic acids is 1. The number of benzene rings is 1. The smallest absolute Gasteiger partial charge is 0.259 e. The lowest BCUT2D eigenvalue weighted by atomic mass is 10.2. The molecular formula is C12H10BrIN4O. The van der Waals surface area contributed by atoms with Crippen LogP contribution in [-0.2, 0) is 0 Å². The van der Waals surface area contributed by atoms with Crippen molar-refractivity contribution in [3.8, 4) is 0 Å². The van der Waals surface area contributed by atoms with Crippen molar-refractivity contribution in [2.75, 3.05) is 10.7 Å². The highest BCUT2D eigenvalue weighted by Crippen LogP contribution is 2.25. The van der Waals surface area contributed by atoms with Gasteiger partial charge >= 0.3 is 0 Å². The summed E-state index contributed by atoms with van der Waals surface area (Å²) in [5.41, 5.74) is 4.07. The molecule has 0 unspecified atom stereocenters. The highest BCUT2D eigenvalue weighted by atomic mass is 127. The zero-order valence-corrected chi connectivity index (χ0v) is 13.4. The Hall–Kier alpha value is -1.19. The molecule has 4 N–H and O–H groups in total. The van der Waals surface area contributed by atoms with E-state index in [1.54, 1.807) is 12.3 Å². The summed E-state index contributed by atoms with van der Waals surface area (Å²) in [5.74, 6) is 5.09. The third-order valence-corrected chi connectivity index (χ3v) is 3.73. The fraction of sp³-hybridized carbons (Fsp3) is 0. The molecule has 7 heteroatoms. The number of amides is 1. The lowest BCUT2D eigenvalue weighted by molar-refractivity contribution is 0.102. The molecule has 0 atom stereocenters. The number of hydrazine groups is 1. The van der Waals surface area contributed by atoms with Gasteiger partial charge in [-0.15, -0.1) is 0 Å². The number of halogens is 2. The summed E-state index contributed by atoms with van der Waals surface area (Å²) >= 11 is 5.61. The van der Waals surface area contributed by atoms with Crippen molar-refractivity contribution in [2.24, 2.45) is 5.84 Å². The Morgan fingerprint density at radius 3 is 2.79 bits per heavy atom. The van der Waals surface area contributed by atoms with Gasteiger partial charge in [-0.2, -0.15) is 0 Å². The Morgan fingerprint density at radius 2 is 2.11 bits per heavy atom. The van der Waals surface area contributed by atoms with Crippen LogP contribution in [0.3, 0.4) is 0 Å². The van der Waals surface area contributed by atoms with E-state index in [0.717, 1.165) is 8.04 Å². The first-order valence-electron chi connectivity index (χ1n) is 5.29. The van der Waals surface area contributed by atoms with Crippen LogP contribution >= 0.6 is 38.5 Å². The first-order valence-corrected chi connectivity index (χ1v) is 7.16. The highest BCUT2D eigenvalue weighted by molar-refractivity contribution is 14.1. The van der Waals surface area contributed by atoms with Gasteiger partial charge in [0.1, 0.15) is 0 Å². The summed E-state index contributed by atoms with van der Waals surface area (Å²) in [7, 11) is 0. The van der Waals surface area contributed by atoms with E-state index in [0.29, 0.717) is 16.9 Å². The quantitative estimate of drug-likeness (QED) is 0.395. The number of rotatable bonds is 3. The molecule has 2 rings (SSSR count). The standard InChI is InChI=1S/C12H10BrIN4O/c13-9-5-7(14)1-2-11(9)17-12(19)8-6-16-4-3-10(8)18-15/h1-6H,15H2,(H,16,18)(H,17,19). The lowest BCUT2D eigenvalue weighted by Gasteiger charge is -2.10. The summed E-state index contributed by atoms with van der Waals surface area (Å²) in [4.78, 5) is 16.1. The summed E-state index contributed by atoms with van der Waals surface area (Å²) in [6.07, 6.45) is 3.03. The van der Waals surface area contributed by atoms with Gasteiger partial charge in [-0.25, -0.2) is 0 Å². The third-order valence-electron chi connectivity index (χ3n) is 2.40. The van der Waals surface area contributed by atoms with Gasteiger partial charge < -0.3 is 10.7 Å². The van der Waals surface area contributed by atoms with Gasteiger partial charge in [-0.1, -0.05) is 0 Å². The molecule has 0 bridgehead atoms. The summed E-state index contributed by atoms with van der Waals surface area (Å²) in [6, 6.07) is 7.29. The number of pyridine rings is 1. The molecule has 0 spiro atoms. The van der Waals surface area contributed by atoms with Gasteiger partial charge in [0.25, 0.3) is 5.91 Å². The predicted molar refractivity (Wildman–Crippen MR) is 86.9 cm³/mol. The Kier molecular flexibility index (Phi) is 4.72. The van der Waals surface area contributed by atoms with Gasteiger partial charge in [0.2, 0.25) is 0 Å². The Balaban J connectivity index is 2.26. The minimum Gasteiger partial charge on any atom is -0.323 e. The van der Waals surface area contributed by atoms with E-state index in [9.17, 15) is 4.79 Å². The zero-order valence-electron chi connectivity index (χ0n) is 9.65. The van der Waals surface area contributed by atoms with Crippen LogP contribution in [0.2, 0.25) is 0 Å². The molecule has 0 aliphatic heterocycles. The van der Waals surface area contributed by atoms with E-state index >= 15 is 0 Å². The Bertz CT molecular complexity index is 620. The monoisotopic (exact) mass is 432 g/mol. The van der Waals surface area contributed by atoms with Gasteiger partial charge in [-0.05, 0) is 62.8 Å². The molecule has 1 aromatic heterocycles. The topological polar surface area (TPSA) is 80.0 Å². The third kappa shape index (κ3) is 3.43. The van der Waals surface area contributed by atoms with Gasteiger partial charge in [0, 0.05) is 20.4 Å². The van der Waals surface area contributed by atoms with Gasteiger partial charge in [0.05, 0.1) is 16.9 Å². The van der Waals surface area contributed by atoms with E-state index in [1.807, 2.05) is 18.2 Å². The molecule has 0 aliphatic rings. The average molecular weight is 433 g/mol. The first-order chi connectivity index (χ1) is 9.11. The molecule has 1 amide bonds. The number of hydrogen-bond donors (Lipinski definition) is 3. The average Bonchev–Trinajstić information content (AvgIpc) is 2.41. The van der Waals surface area contributed by atoms with Crippen molar-refractivity contribution in [2.45, 2.75) is 0 Å². The number of nitrogens with zero attached hydrogens (tertiary/aromatic N) is 1. The second-order valence-corrected chi connectivity index (χ2v) is 5.74. The minimum absolute atomic E-state index is 0.275. The zero-order chi connectivity index (χ0) is 13.8. The number of anilines is 2. The van der Waals surface area contributed by atoms with Crippen LogP contribution in [0.5, 0.6) is 0 Å². The maximum Gasteiger partial charge on any atom is 0.259 e. The van der Waals surface area contributed by atoms with Crippen LogP contribution in [0.25, 0.3) is 0 Å². The molecule has 19 heavy (non-hydrogen) atoms. The Morgan fingerprint density at radius 1 is 1.32 bits per heavy atom. The molecular weight excluding hydrogens is 423 g/mol. The maximum absolute atomic E-state index is 12.2. The van der Waals surface area contributed by atoms with Gasteiger partial charge in [-0.3, -0.25) is 15.6 Å². The molecule has 1 aromatic carbocycles. The summed E-state index contributed by atoms with van der Waals surface area (Å²) in [5, 5.41) is 2.80. The largest absolute Gasteiger partial charge is 0.323 e. The molecule has 0 radical (unpaired) electrons. The van der Waals surface area contributed by atoms with Crippen LogP contribution in [0, 0.1) is 3.57 Å². The minimum atomic E-state index is -0.275. The SMILES string of the molecule is NNc1ccncc1C(=O)Nc1ccc(I)cc1Br. The predicted octanol–water partition coefficient (Wildman–Crippen LogP) is 2.99. The van der Waals surface area contributed by atoms with Crippen LogP contribution in [-0.4, -0.2) is 10.9 Å². The van der Waals surface area contributed by atoms with Crippen molar-refractivity contribution in [3.63, 3.8) is 0 Å². The molecule has 0 fully saturated rings. The Labute approximate surface area is 132 Å². The van der Waals surface area contributed by atoms with E-state index in [2.05, 4.69) is 54.2 Å². The van der Waals surface area contributed by atoms with Crippen molar-refractivity contribution >= 4 is 55.8 Å². The lowest BCUT2D eigenvalue weighted by Crippen LogP contribution is -2.17. The normalized spacial score (nSPS) is 10.1. The number of hydrogen-bond acceptors (Lipinski definition) is 4. The molecule has 98 valence electrons. The first kappa shape index (κ1) is 14.2. The van der Waals surface area contributed by atoms with Gasteiger partial charge in [0.15, 0.2) is 0 Å². The summed E-state index contributed by atoms with van der Waals surface area (Å²) in [6.45, 7) is 0. The van der Waals surface area contributed by atoms with E-state index in [4.69, 9.17) is 5.84 Å². The number of nitrogens with two attached hydrogens (primary N) is 1.